The summed E-state index contributed by atoms with van der Waals surface area (Å²) in [6, 6.07) is 0.0387. The molecule has 0 aromatic rings. The fourth-order valence-corrected chi connectivity index (χ4v) is 3.75. The highest BCUT2D eigenvalue weighted by molar-refractivity contribution is 7.91. The zero-order chi connectivity index (χ0) is 13.7. The van der Waals surface area contributed by atoms with Crippen molar-refractivity contribution in [2.45, 2.75) is 25.3 Å². The van der Waals surface area contributed by atoms with Gasteiger partial charge in [0.2, 0.25) is 5.91 Å². The van der Waals surface area contributed by atoms with Crippen molar-refractivity contribution in [2.24, 2.45) is 5.92 Å². The van der Waals surface area contributed by atoms with Crippen molar-refractivity contribution < 1.29 is 17.9 Å². The number of halogens is 1. The van der Waals surface area contributed by atoms with Crippen LogP contribution < -0.4 is 10.6 Å². The second-order valence-electron chi connectivity index (χ2n) is 5.34. The molecule has 1 heterocycles. The third-order valence-corrected chi connectivity index (χ3v) is 5.16. The van der Waals surface area contributed by atoms with Crippen LogP contribution in [0.4, 0.5) is 0 Å². The molecule has 0 radical (unpaired) electrons. The molecule has 1 atom stereocenters. The Bertz CT molecular complexity index is 406. The number of ether oxygens (including phenoxy) is 1. The van der Waals surface area contributed by atoms with Crippen LogP contribution in [0.15, 0.2) is 0 Å². The second kappa shape index (κ2) is 8.17. The Kier molecular flexibility index (Phi) is 7.22. The molecule has 2 fully saturated rings. The molecular formula is C12H23ClN2O4S. The molecule has 8 heteroatoms. The predicted octanol–water partition coefficient (Wildman–Crippen LogP) is -0.272. The molecule has 2 aliphatic rings. The van der Waals surface area contributed by atoms with Gasteiger partial charge >= 0.3 is 0 Å². The quantitative estimate of drug-likeness (QED) is 0.672. The SMILES string of the molecule is Cl.O=C(CC1COCCN1)NCCS(=O)(=O)CC1CC1. The van der Waals surface area contributed by atoms with Crippen LogP contribution in [0, 0.1) is 5.92 Å². The number of carbonyl (C=O) groups is 1. The van der Waals surface area contributed by atoms with Crippen molar-refractivity contribution in [3.05, 3.63) is 0 Å². The van der Waals surface area contributed by atoms with Gasteiger partial charge in [0.05, 0.1) is 24.7 Å². The highest BCUT2D eigenvalue weighted by atomic mass is 35.5. The third kappa shape index (κ3) is 6.88. The van der Waals surface area contributed by atoms with Gasteiger partial charge in [0, 0.05) is 25.6 Å². The van der Waals surface area contributed by atoms with Crippen LogP contribution in [0.25, 0.3) is 0 Å². The van der Waals surface area contributed by atoms with E-state index >= 15 is 0 Å². The van der Waals surface area contributed by atoms with Gasteiger partial charge in [-0.1, -0.05) is 0 Å². The molecule has 1 aliphatic heterocycles. The summed E-state index contributed by atoms with van der Waals surface area (Å²) in [4.78, 5) is 11.6. The molecule has 0 aromatic heterocycles. The van der Waals surface area contributed by atoms with Crippen molar-refractivity contribution in [3.63, 3.8) is 0 Å². The first-order chi connectivity index (χ1) is 9.05. The van der Waals surface area contributed by atoms with Crippen molar-refractivity contribution in [1.82, 2.24) is 10.6 Å². The van der Waals surface area contributed by atoms with Crippen LogP contribution in [-0.4, -0.2) is 58.2 Å². The van der Waals surface area contributed by atoms with Gasteiger partial charge in [-0.3, -0.25) is 4.79 Å². The van der Waals surface area contributed by atoms with Crippen LogP contribution in [0.2, 0.25) is 0 Å². The van der Waals surface area contributed by atoms with Crippen LogP contribution in [-0.2, 0) is 19.4 Å². The van der Waals surface area contributed by atoms with Crippen molar-refractivity contribution in [1.29, 1.82) is 0 Å². The number of hydrogen-bond acceptors (Lipinski definition) is 5. The molecule has 2 rings (SSSR count). The molecule has 1 saturated heterocycles. The van der Waals surface area contributed by atoms with Gasteiger partial charge in [-0.2, -0.15) is 0 Å². The molecule has 0 aromatic carbocycles. The van der Waals surface area contributed by atoms with Crippen molar-refractivity contribution in [3.8, 4) is 0 Å². The number of sulfone groups is 1. The van der Waals surface area contributed by atoms with Gasteiger partial charge in [0.25, 0.3) is 0 Å². The molecular weight excluding hydrogens is 304 g/mol. The molecule has 118 valence electrons. The van der Waals surface area contributed by atoms with Gasteiger partial charge < -0.3 is 15.4 Å². The average Bonchev–Trinajstić information content (AvgIpc) is 3.13. The maximum atomic E-state index is 11.7. The highest BCUT2D eigenvalue weighted by Crippen LogP contribution is 2.30. The number of morpholine rings is 1. The number of rotatable bonds is 7. The topological polar surface area (TPSA) is 84.5 Å². The summed E-state index contributed by atoms with van der Waals surface area (Å²) in [7, 11) is -3.00. The van der Waals surface area contributed by atoms with Crippen molar-refractivity contribution in [2.75, 3.05) is 37.8 Å². The first kappa shape index (κ1) is 17.7. The molecule has 0 bridgehead atoms. The van der Waals surface area contributed by atoms with E-state index < -0.39 is 9.84 Å². The zero-order valence-electron chi connectivity index (χ0n) is 11.5. The fraction of sp³-hybridized carbons (Fsp3) is 0.917. The van der Waals surface area contributed by atoms with Gasteiger partial charge in [0.15, 0.2) is 9.84 Å². The average molecular weight is 327 g/mol. The van der Waals surface area contributed by atoms with E-state index in [1.807, 2.05) is 0 Å². The number of amides is 1. The maximum absolute atomic E-state index is 11.7. The zero-order valence-corrected chi connectivity index (χ0v) is 13.1. The van der Waals surface area contributed by atoms with Crippen molar-refractivity contribution >= 4 is 28.2 Å². The predicted molar refractivity (Wildman–Crippen MR) is 78.9 cm³/mol. The third-order valence-electron chi connectivity index (χ3n) is 3.35. The first-order valence-corrected chi connectivity index (χ1v) is 8.65. The Balaban J connectivity index is 0.00000200. The number of hydrogen-bond donors (Lipinski definition) is 2. The summed E-state index contributed by atoms with van der Waals surface area (Å²) in [5, 5.41) is 5.85. The first-order valence-electron chi connectivity index (χ1n) is 6.83. The minimum absolute atomic E-state index is 0. The molecule has 1 unspecified atom stereocenters. The van der Waals surface area contributed by atoms with E-state index in [0.29, 0.717) is 25.6 Å². The van der Waals surface area contributed by atoms with Gasteiger partial charge in [-0.15, -0.1) is 12.4 Å². The molecule has 2 N–H and O–H groups in total. The van der Waals surface area contributed by atoms with Crippen LogP contribution in [0.1, 0.15) is 19.3 Å². The lowest BCUT2D eigenvalue weighted by Gasteiger charge is -2.23. The van der Waals surface area contributed by atoms with E-state index in [2.05, 4.69) is 10.6 Å². The van der Waals surface area contributed by atoms with E-state index in [4.69, 9.17) is 4.74 Å². The van der Waals surface area contributed by atoms with E-state index in [1.165, 1.54) is 0 Å². The standard InChI is InChI=1S/C12H22N2O4S.ClH/c15-12(7-11-8-18-5-3-13-11)14-4-6-19(16,17)9-10-1-2-10;/h10-11,13H,1-9H2,(H,14,15);1H. The lowest BCUT2D eigenvalue weighted by molar-refractivity contribution is -0.122. The smallest absolute Gasteiger partial charge is 0.221 e. The van der Waals surface area contributed by atoms with Crippen LogP contribution in [0.3, 0.4) is 0 Å². The summed E-state index contributed by atoms with van der Waals surface area (Å²) < 4.78 is 28.6. The molecule has 6 nitrogen and oxygen atoms in total. The molecule has 1 aliphatic carbocycles. The Labute approximate surface area is 126 Å². The molecule has 20 heavy (non-hydrogen) atoms. The Morgan fingerprint density at radius 2 is 2.10 bits per heavy atom. The van der Waals surface area contributed by atoms with E-state index in [1.54, 1.807) is 0 Å². The number of nitrogens with one attached hydrogen (secondary N) is 2. The minimum Gasteiger partial charge on any atom is -0.378 e. The van der Waals surface area contributed by atoms with E-state index in [0.717, 1.165) is 19.4 Å². The highest BCUT2D eigenvalue weighted by Gasteiger charge is 2.27. The lowest BCUT2D eigenvalue weighted by Crippen LogP contribution is -2.44. The summed E-state index contributed by atoms with van der Waals surface area (Å²) in [6.45, 7) is 2.18. The van der Waals surface area contributed by atoms with Gasteiger partial charge in [-0.05, 0) is 18.8 Å². The Morgan fingerprint density at radius 1 is 1.35 bits per heavy atom. The minimum atomic E-state index is -3.00. The lowest BCUT2D eigenvalue weighted by atomic mass is 10.2. The van der Waals surface area contributed by atoms with Crippen LogP contribution >= 0.6 is 12.4 Å². The van der Waals surface area contributed by atoms with Gasteiger partial charge in [0.1, 0.15) is 0 Å². The molecule has 1 amide bonds. The summed E-state index contributed by atoms with van der Waals surface area (Å²) >= 11 is 0. The largest absolute Gasteiger partial charge is 0.378 e. The summed E-state index contributed by atoms with van der Waals surface area (Å²) in [5.41, 5.74) is 0. The normalized spacial score (nSPS) is 22.9. The Morgan fingerprint density at radius 3 is 2.70 bits per heavy atom. The maximum Gasteiger partial charge on any atom is 0.221 e. The fourth-order valence-electron chi connectivity index (χ4n) is 2.12. The van der Waals surface area contributed by atoms with E-state index in [-0.39, 0.29) is 42.4 Å². The second-order valence-corrected chi connectivity index (χ2v) is 7.57. The van der Waals surface area contributed by atoms with Gasteiger partial charge in [-0.25, -0.2) is 8.42 Å². The van der Waals surface area contributed by atoms with Crippen LogP contribution in [0.5, 0.6) is 0 Å². The molecule has 0 spiro atoms. The molecule has 1 saturated carbocycles. The Hall–Kier alpha value is -0.370. The monoisotopic (exact) mass is 326 g/mol. The number of carbonyl (C=O) groups excluding carboxylic acids is 1. The summed E-state index contributed by atoms with van der Waals surface area (Å²) in [6.07, 6.45) is 2.39. The van der Waals surface area contributed by atoms with E-state index in [9.17, 15) is 13.2 Å². The summed E-state index contributed by atoms with van der Waals surface area (Å²) in [5.74, 6) is 0.568.